The molecule has 0 bridgehead atoms. The van der Waals surface area contributed by atoms with Crippen LogP contribution in [0.5, 0.6) is 0 Å². The normalized spacial score (nSPS) is 10.8. The van der Waals surface area contributed by atoms with Crippen LogP contribution < -0.4 is 5.32 Å². The van der Waals surface area contributed by atoms with Crippen molar-refractivity contribution in [2.75, 3.05) is 18.4 Å². The largest absolute Gasteiger partial charge is 0.324 e. The second-order valence-corrected chi connectivity index (χ2v) is 7.74. The molecule has 3 nitrogen and oxygen atoms in total. The van der Waals surface area contributed by atoms with Crippen LogP contribution in [-0.4, -0.2) is 23.9 Å². The SMILES string of the molecule is C=CCN(CCC(=O)Nc1c(Cl)cccc1Cl)Cc1ccc(Cl)s1. The van der Waals surface area contributed by atoms with Crippen molar-refractivity contribution in [1.29, 1.82) is 0 Å². The lowest BCUT2D eigenvalue weighted by molar-refractivity contribution is -0.116. The first kappa shape index (κ1) is 19.3. The van der Waals surface area contributed by atoms with Crippen LogP contribution in [0.1, 0.15) is 11.3 Å². The van der Waals surface area contributed by atoms with Gasteiger partial charge in [0.2, 0.25) is 5.91 Å². The summed E-state index contributed by atoms with van der Waals surface area (Å²) >= 11 is 19.6. The van der Waals surface area contributed by atoms with Gasteiger partial charge in [-0.15, -0.1) is 17.9 Å². The van der Waals surface area contributed by atoms with Crippen molar-refractivity contribution in [2.24, 2.45) is 0 Å². The number of nitrogens with one attached hydrogen (secondary N) is 1. The number of amides is 1. The minimum absolute atomic E-state index is 0.136. The molecular formula is C17H17Cl3N2OS. The molecule has 0 saturated heterocycles. The second-order valence-electron chi connectivity index (χ2n) is 5.12. The second kappa shape index (κ2) is 9.44. The molecule has 0 aliphatic rings. The Morgan fingerprint density at radius 2 is 1.92 bits per heavy atom. The lowest BCUT2D eigenvalue weighted by Crippen LogP contribution is -2.27. The summed E-state index contributed by atoms with van der Waals surface area (Å²) in [5, 5.41) is 3.62. The third kappa shape index (κ3) is 5.80. The van der Waals surface area contributed by atoms with Crippen LogP contribution in [0.15, 0.2) is 43.0 Å². The predicted octanol–water partition coefficient (Wildman–Crippen LogP) is 5.73. The molecular weight excluding hydrogens is 387 g/mol. The van der Waals surface area contributed by atoms with Crippen molar-refractivity contribution in [3.8, 4) is 0 Å². The number of para-hydroxylation sites is 1. The summed E-state index contributed by atoms with van der Waals surface area (Å²) in [5.41, 5.74) is 0.450. The Kier molecular flexibility index (Phi) is 7.59. The maximum absolute atomic E-state index is 12.2. The smallest absolute Gasteiger partial charge is 0.225 e. The van der Waals surface area contributed by atoms with E-state index in [4.69, 9.17) is 34.8 Å². The molecule has 0 saturated carbocycles. The van der Waals surface area contributed by atoms with Gasteiger partial charge < -0.3 is 5.32 Å². The Labute approximate surface area is 160 Å². The molecule has 2 aromatic rings. The lowest BCUT2D eigenvalue weighted by atomic mass is 10.3. The molecule has 0 spiro atoms. The van der Waals surface area contributed by atoms with E-state index in [1.807, 2.05) is 18.2 Å². The zero-order chi connectivity index (χ0) is 17.5. The van der Waals surface area contributed by atoms with Crippen molar-refractivity contribution >= 4 is 57.7 Å². The van der Waals surface area contributed by atoms with E-state index in [0.717, 1.165) is 15.8 Å². The van der Waals surface area contributed by atoms with Gasteiger partial charge in [-0.05, 0) is 24.3 Å². The number of benzene rings is 1. The average Bonchev–Trinajstić information content (AvgIpc) is 2.94. The Bertz CT molecular complexity index is 697. The number of halogens is 3. The molecule has 1 aromatic heterocycles. The molecule has 0 atom stereocenters. The predicted molar refractivity (Wildman–Crippen MR) is 105 cm³/mol. The summed E-state index contributed by atoms with van der Waals surface area (Å²) in [4.78, 5) is 15.5. The van der Waals surface area contributed by atoms with Crippen LogP contribution in [0.3, 0.4) is 0 Å². The number of hydrogen-bond acceptors (Lipinski definition) is 3. The van der Waals surface area contributed by atoms with Crippen molar-refractivity contribution < 1.29 is 4.79 Å². The molecule has 1 amide bonds. The van der Waals surface area contributed by atoms with Gasteiger partial charge in [0.05, 0.1) is 20.1 Å². The molecule has 2 rings (SSSR count). The van der Waals surface area contributed by atoms with Crippen LogP contribution in [0.4, 0.5) is 5.69 Å². The standard InChI is InChI=1S/C17H17Cl3N2OS/c1-2-9-22(11-12-6-7-15(20)24-12)10-8-16(23)21-17-13(18)4-3-5-14(17)19/h2-7H,1,8-11H2,(H,21,23). The quantitative estimate of drug-likeness (QED) is 0.571. The third-order valence-corrected chi connectivity index (χ3v) is 5.12. The van der Waals surface area contributed by atoms with E-state index in [9.17, 15) is 4.79 Å². The summed E-state index contributed by atoms with van der Waals surface area (Å²) in [7, 11) is 0. The highest BCUT2D eigenvalue weighted by atomic mass is 35.5. The number of hydrogen-bond donors (Lipinski definition) is 1. The summed E-state index contributed by atoms with van der Waals surface area (Å²) < 4.78 is 0.759. The van der Waals surface area contributed by atoms with Crippen molar-refractivity contribution in [3.05, 3.63) is 62.2 Å². The van der Waals surface area contributed by atoms with Crippen LogP contribution in [0, 0.1) is 0 Å². The van der Waals surface area contributed by atoms with Gasteiger partial charge in [-0.3, -0.25) is 9.69 Å². The zero-order valence-corrected chi connectivity index (χ0v) is 16.0. The zero-order valence-electron chi connectivity index (χ0n) is 12.9. The molecule has 1 aromatic carbocycles. The number of carbonyl (C=O) groups excluding carboxylic acids is 1. The fourth-order valence-electron chi connectivity index (χ4n) is 2.15. The van der Waals surface area contributed by atoms with Crippen LogP contribution >= 0.6 is 46.1 Å². The van der Waals surface area contributed by atoms with Crippen molar-refractivity contribution in [1.82, 2.24) is 4.90 Å². The summed E-state index contributed by atoms with van der Waals surface area (Å²) in [5.74, 6) is -0.136. The van der Waals surface area contributed by atoms with Gasteiger partial charge in [0, 0.05) is 30.9 Å². The van der Waals surface area contributed by atoms with E-state index in [1.165, 1.54) is 11.3 Å². The van der Waals surface area contributed by atoms with E-state index >= 15 is 0 Å². The van der Waals surface area contributed by atoms with Crippen LogP contribution in [0.25, 0.3) is 0 Å². The lowest BCUT2D eigenvalue weighted by Gasteiger charge is -2.19. The maximum atomic E-state index is 12.2. The van der Waals surface area contributed by atoms with Gasteiger partial charge in [0.25, 0.3) is 0 Å². The monoisotopic (exact) mass is 402 g/mol. The molecule has 1 N–H and O–H groups in total. The highest BCUT2D eigenvalue weighted by molar-refractivity contribution is 7.16. The van der Waals surface area contributed by atoms with Gasteiger partial charge in [-0.1, -0.05) is 46.9 Å². The molecule has 0 aliphatic heterocycles. The van der Waals surface area contributed by atoms with E-state index in [-0.39, 0.29) is 5.91 Å². The van der Waals surface area contributed by atoms with Gasteiger partial charge in [0.1, 0.15) is 0 Å². The van der Waals surface area contributed by atoms with Crippen LogP contribution in [0.2, 0.25) is 14.4 Å². The molecule has 0 aliphatic carbocycles. The fourth-order valence-corrected chi connectivity index (χ4v) is 3.78. The minimum Gasteiger partial charge on any atom is -0.324 e. The van der Waals surface area contributed by atoms with Gasteiger partial charge in [-0.25, -0.2) is 0 Å². The molecule has 0 unspecified atom stereocenters. The number of rotatable bonds is 8. The molecule has 1 heterocycles. The number of anilines is 1. The minimum atomic E-state index is -0.136. The van der Waals surface area contributed by atoms with Crippen molar-refractivity contribution in [2.45, 2.75) is 13.0 Å². The van der Waals surface area contributed by atoms with Gasteiger partial charge in [0.15, 0.2) is 0 Å². The van der Waals surface area contributed by atoms with E-state index < -0.39 is 0 Å². The first-order valence-corrected chi connectivity index (χ1v) is 9.26. The average molecular weight is 404 g/mol. The Morgan fingerprint density at radius 1 is 1.21 bits per heavy atom. The van der Waals surface area contributed by atoms with E-state index in [2.05, 4.69) is 16.8 Å². The molecule has 7 heteroatoms. The first-order chi connectivity index (χ1) is 11.5. The summed E-state index contributed by atoms with van der Waals surface area (Å²) in [6.45, 7) is 5.77. The molecule has 0 radical (unpaired) electrons. The van der Waals surface area contributed by atoms with Crippen molar-refractivity contribution in [3.63, 3.8) is 0 Å². The summed E-state index contributed by atoms with van der Waals surface area (Å²) in [6, 6.07) is 8.98. The fraction of sp³-hybridized carbons (Fsp3) is 0.235. The number of thiophene rings is 1. The summed E-state index contributed by atoms with van der Waals surface area (Å²) in [6.07, 6.45) is 2.15. The van der Waals surface area contributed by atoms with Gasteiger partial charge in [-0.2, -0.15) is 0 Å². The molecule has 0 fully saturated rings. The first-order valence-electron chi connectivity index (χ1n) is 7.31. The molecule has 24 heavy (non-hydrogen) atoms. The number of carbonyl (C=O) groups is 1. The van der Waals surface area contributed by atoms with Crippen LogP contribution in [-0.2, 0) is 11.3 Å². The Hall–Kier alpha value is -1.04. The van der Waals surface area contributed by atoms with E-state index in [1.54, 1.807) is 18.2 Å². The Balaban J connectivity index is 1.91. The highest BCUT2D eigenvalue weighted by Gasteiger charge is 2.12. The Morgan fingerprint density at radius 3 is 2.50 bits per heavy atom. The third-order valence-electron chi connectivity index (χ3n) is 3.28. The topological polar surface area (TPSA) is 32.3 Å². The number of nitrogens with zero attached hydrogens (tertiary/aromatic N) is 1. The van der Waals surface area contributed by atoms with Gasteiger partial charge >= 0.3 is 0 Å². The highest BCUT2D eigenvalue weighted by Crippen LogP contribution is 2.29. The maximum Gasteiger partial charge on any atom is 0.225 e. The van der Waals surface area contributed by atoms with E-state index in [0.29, 0.717) is 35.2 Å². The molecule has 128 valence electrons.